The molecule has 1 aliphatic heterocycles. The first-order valence-corrected chi connectivity index (χ1v) is 9.38. The molecule has 0 bridgehead atoms. The Kier molecular flexibility index (Phi) is 7.59. The van der Waals surface area contributed by atoms with Crippen LogP contribution in [0.5, 0.6) is 0 Å². The third kappa shape index (κ3) is 5.50. The smallest absolute Gasteiger partial charge is 0.338 e. The van der Waals surface area contributed by atoms with Gasteiger partial charge in [-0.1, -0.05) is 44.1 Å². The van der Waals surface area contributed by atoms with Crippen LogP contribution in [0.3, 0.4) is 0 Å². The molecule has 1 fully saturated rings. The zero-order valence-corrected chi connectivity index (χ0v) is 15.3. The zero-order valence-electron chi connectivity index (χ0n) is 14.5. The maximum absolute atomic E-state index is 11.3. The molecular weight excluding hydrogens is 324 g/mol. The average molecular weight is 352 g/mol. The van der Waals surface area contributed by atoms with Gasteiger partial charge in [0.2, 0.25) is 0 Å². The Morgan fingerprint density at radius 2 is 2.17 bits per heavy atom. The summed E-state index contributed by atoms with van der Waals surface area (Å²) in [7, 11) is 0. The molecule has 1 N–H and O–H groups in total. The summed E-state index contributed by atoms with van der Waals surface area (Å²) < 4.78 is 11.1. The number of rotatable bonds is 12. The summed E-state index contributed by atoms with van der Waals surface area (Å²) >= 11 is 5.19. The number of hydrogen-bond acceptors (Lipinski definition) is 4. The van der Waals surface area contributed by atoms with E-state index in [0.717, 1.165) is 63.0 Å². The molecule has 1 heterocycles. The predicted molar refractivity (Wildman–Crippen MR) is 98.5 cm³/mol. The molecule has 1 saturated heterocycles. The number of ether oxygens (including phenoxy) is 2. The van der Waals surface area contributed by atoms with Crippen LogP contribution in [0.15, 0.2) is 23.8 Å². The van der Waals surface area contributed by atoms with E-state index in [1.807, 2.05) is 6.92 Å². The van der Waals surface area contributed by atoms with Crippen molar-refractivity contribution < 1.29 is 19.4 Å². The number of unbranched alkanes of at least 4 members (excludes halogenated alkanes) is 3. The fourth-order valence-corrected chi connectivity index (χ4v) is 3.43. The van der Waals surface area contributed by atoms with Gasteiger partial charge in [0, 0.05) is 17.9 Å². The highest BCUT2D eigenvalue weighted by Gasteiger charge is 2.61. The number of carboxylic acids is 1. The highest BCUT2D eigenvalue weighted by atomic mass is 32.1. The Morgan fingerprint density at radius 1 is 1.38 bits per heavy atom. The van der Waals surface area contributed by atoms with Crippen LogP contribution in [0.2, 0.25) is 0 Å². The maximum Gasteiger partial charge on any atom is 0.338 e. The molecule has 0 aromatic heterocycles. The lowest BCUT2D eigenvalue weighted by molar-refractivity contribution is -0.143. The number of aliphatic carboxylic acids is 1. The lowest BCUT2D eigenvalue weighted by Gasteiger charge is -2.09. The average Bonchev–Trinajstić information content (AvgIpc) is 3.28. The van der Waals surface area contributed by atoms with Crippen LogP contribution in [-0.2, 0) is 14.3 Å². The molecule has 0 aromatic rings. The van der Waals surface area contributed by atoms with Gasteiger partial charge in [-0.2, -0.15) is 0 Å². The molecule has 4 nitrogen and oxygen atoms in total. The molecule has 0 radical (unpaired) electrons. The standard InChI is InChI=1S/C19H28O4S/c1-2-17-19(23-17,18(20)21)11-5-3-4-6-12-22-13-10-15-8-7-9-16(24)14-15/h7-8,14,17H,2-6,9-13H2,1H3,(H,20,21). The van der Waals surface area contributed by atoms with Crippen molar-refractivity contribution in [3.63, 3.8) is 0 Å². The molecule has 2 rings (SSSR count). The van der Waals surface area contributed by atoms with Crippen LogP contribution in [0.1, 0.15) is 58.3 Å². The van der Waals surface area contributed by atoms with Crippen molar-refractivity contribution in [2.75, 3.05) is 13.2 Å². The molecule has 134 valence electrons. The lowest BCUT2D eigenvalue weighted by atomic mass is 9.96. The monoisotopic (exact) mass is 352 g/mol. The first kappa shape index (κ1) is 19.3. The second-order valence-corrected chi connectivity index (χ2v) is 7.05. The van der Waals surface area contributed by atoms with Crippen LogP contribution in [0.4, 0.5) is 0 Å². The van der Waals surface area contributed by atoms with Crippen molar-refractivity contribution in [2.24, 2.45) is 0 Å². The summed E-state index contributed by atoms with van der Waals surface area (Å²) in [5, 5.41) is 9.27. The number of thiocarbonyl (C=S) groups is 1. The highest BCUT2D eigenvalue weighted by Crippen LogP contribution is 2.43. The van der Waals surface area contributed by atoms with Crippen LogP contribution in [0, 0.1) is 0 Å². The lowest BCUT2D eigenvalue weighted by Crippen LogP contribution is -2.26. The highest BCUT2D eigenvalue weighted by molar-refractivity contribution is 7.80. The first-order chi connectivity index (χ1) is 11.6. The van der Waals surface area contributed by atoms with E-state index >= 15 is 0 Å². The van der Waals surface area contributed by atoms with Crippen LogP contribution < -0.4 is 0 Å². The number of carbonyl (C=O) groups is 1. The predicted octanol–water partition coefficient (Wildman–Crippen LogP) is 4.23. The Hall–Kier alpha value is -1.04. The van der Waals surface area contributed by atoms with E-state index in [-0.39, 0.29) is 6.10 Å². The van der Waals surface area contributed by atoms with Crippen LogP contribution in [-0.4, -0.2) is 40.9 Å². The largest absolute Gasteiger partial charge is 0.479 e. The van der Waals surface area contributed by atoms with Gasteiger partial charge in [-0.25, -0.2) is 4.79 Å². The second-order valence-electron chi connectivity index (χ2n) is 6.53. The van der Waals surface area contributed by atoms with Crippen molar-refractivity contribution in [2.45, 2.75) is 70.0 Å². The molecule has 2 unspecified atom stereocenters. The number of epoxide rings is 1. The van der Waals surface area contributed by atoms with Crippen molar-refractivity contribution in [1.29, 1.82) is 0 Å². The fourth-order valence-electron chi connectivity index (χ4n) is 3.18. The van der Waals surface area contributed by atoms with E-state index in [1.54, 1.807) is 0 Å². The third-order valence-corrected chi connectivity index (χ3v) is 4.95. The number of allylic oxidation sites excluding steroid dienone is 3. The summed E-state index contributed by atoms with van der Waals surface area (Å²) in [5.74, 6) is -0.803. The molecule has 2 atom stereocenters. The Labute approximate surface area is 149 Å². The zero-order chi connectivity index (χ0) is 17.4. The summed E-state index contributed by atoms with van der Waals surface area (Å²) in [4.78, 5) is 12.3. The van der Waals surface area contributed by atoms with E-state index in [2.05, 4.69) is 18.2 Å². The molecule has 0 saturated carbocycles. The van der Waals surface area contributed by atoms with Crippen LogP contribution >= 0.6 is 12.2 Å². The van der Waals surface area contributed by atoms with E-state index < -0.39 is 11.6 Å². The summed E-state index contributed by atoms with van der Waals surface area (Å²) in [6.07, 6.45) is 13.4. The molecular formula is C19H28O4S. The quantitative estimate of drug-likeness (QED) is 0.323. The van der Waals surface area contributed by atoms with E-state index in [0.29, 0.717) is 6.42 Å². The van der Waals surface area contributed by atoms with Gasteiger partial charge in [0.25, 0.3) is 0 Å². The van der Waals surface area contributed by atoms with Gasteiger partial charge >= 0.3 is 5.97 Å². The number of hydrogen-bond donors (Lipinski definition) is 1. The van der Waals surface area contributed by atoms with Gasteiger partial charge in [-0.15, -0.1) is 0 Å². The number of carboxylic acid groups (broad SMARTS) is 1. The topological polar surface area (TPSA) is 59.1 Å². The SMILES string of the molecule is CCC1OC1(CCCCCCOCCC1=CC(=S)CC=C1)C(=O)O. The van der Waals surface area contributed by atoms with Gasteiger partial charge in [0.15, 0.2) is 5.60 Å². The van der Waals surface area contributed by atoms with Gasteiger partial charge in [-0.05, 0) is 43.8 Å². The summed E-state index contributed by atoms with van der Waals surface area (Å²) in [5.41, 5.74) is 0.368. The van der Waals surface area contributed by atoms with Crippen molar-refractivity contribution >= 4 is 23.1 Å². The summed E-state index contributed by atoms with van der Waals surface area (Å²) in [6.45, 7) is 3.46. The Balaban J connectivity index is 1.45. The third-order valence-electron chi connectivity index (χ3n) is 4.67. The van der Waals surface area contributed by atoms with Crippen molar-refractivity contribution in [3.8, 4) is 0 Å². The normalized spacial score (nSPS) is 25.6. The Morgan fingerprint density at radius 3 is 2.83 bits per heavy atom. The van der Waals surface area contributed by atoms with Crippen molar-refractivity contribution in [1.82, 2.24) is 0 Å². The van der Waals surface area contributed by atoms with E-state index in [4.69, 9.17) is 21.7 Å². The minimum atomic E-state index is -0.882. The molecule has 5 heteroatoms. The van der Waals surface area contributed by atoms with Gasteiger partial charge in [-0.3, -0.25) is 0 Å². The minimum absolute atomic E-state index is 0.0886. The van der Waals surface area contributed by atoms with Gasteiger partial charge < -0.3 is 14.6 Å². The van der Waals surface area contributed by atoms with Gasteiger partial charge in [0.1, 0.15) is 0 Å². The molecule has 0 amide bonds. The van der Waals surface area contributed by atoms with E-state index in [9.17, 15) is 9.90 Å². The van der Waals surface area contributed by atoms with E-state index in [1.165, 1.54) is 5.57 Å². The first-order valence-electron chi connectivity index (χ1n) is 8.97. The van der Waals surface area contributed by atoms with Crippen LogP contribution in [0.25, 0.3) is 0 Å². The molecule has 1 aliphatic carbocycles. The molecule has 24 heavy (non-hydrogen) atoms. The molecule has 0 aromatic carbocycles. The Bertz CT molecular complexity index is 511. The second kappa shape index (κ2) is 9.44. The maximum atomic E-state index is 11.3. The van der Waals surface area contributed by atoms with Crippen molar-refractivity contribution in [3.05, 3.63) is 23.8 Å². The summed E-state index contributed by atoms with van der Waals surface area (Å²) in [6, 6.07) is 0. The fraction of sp³-hybridized carbons (Fsp3) is 0.684. The minimum Gasteiger partial charge on any atom is -0.479 e. The molecule has 0 spiro atoms. The molecule has 2 aliphatic rings. The van der Waals surface area contributed by atoms with Gasteiger partial charge in [0.05, 0.1) is 12.7 Å².